The van der Waals surface area contributed by atoms with E-state index in [1.165, 1.54) is 53.6 Å². The smallest absolute Gasteiger partial charge is 0.0720 e. The molecule has 1 aromatic heterocycles. The summed E-state index contributed by atoms with van der Waals surface area (Å²) in [5.74, 6) is 0. The molecule has 45 heavy (non-hydrogen) atoms. The molecule has 0 radical (unpaired) electrons. The van der Waals surface area contributed by atoms with Crippen molar-refractivity contribution in [3.8, 4) is 11.1 Å². The minimum Gasteiger partial charge on any atom is -0.310 e. The second kappa shape index (κ2) is 10.3. The number of rotatable bonds is 5. The number of benzene rings is 7. The minimum absolute atomic E-state index is 0.430. The van der Waals surface area contributed by atoms with E-state index >= 15 is 0 Å². The molecular weight excluding hydrogens is 563 g/mol. The van der Waals surface area contributed by atoms with Gasteiger partial charge in [0.15, 0.2) is 0 Å². The number of fused-ring (bicyclic) bond motifs is 6. The normalized spacial score (nSPS) is 13.1. The number of para-hydroxylation sites is 2. The highest BCUT2D eigenvalue weighted by Gasteiger charge is 2.46. The van der Waals surface area contributed by atoms with E-state index in [9.17, 15) is 0 Å². The average Bonchev–Trinajstić information content (AvgIpc) is 3.63. The first kappa shape index (κ1) is 26.0. The number of hydrogen-bond donors (Lipinski definition) is 0. The zero-order valence-electron chi connectivity index (χ0n) is 24.6. The van der Waals surface area contributed by atoms with Gasteiger partial charge in [-0.3, -0.25) is 0 Å². The molecule has 1 aliphatic carbocycles. The predicted octanol–water partition coefficient (Wildman–Crippen LogP) is 11.9. The lowest BCUT2D eigenvalue weighted by Gasteiger charge is -2.34. The Labute approximate surface area is 267 Å². The van der Waals surface area contributed by atoms with E-state index in [-0.39, 0.29) is 0 Å². The Hall–Kier alpha value is -5.44. The van der Waals surface area contributed by atoms with E-state index in [1.807, 2.05) is 11.3 Å². The minimum atomic E-state index is -0.430. The Bertz CT molecular complexity index is 2240. The summed E-state index contributed by atoms with van der Waals surface area (Å²) in [4.78, 5) is 2.35. The van der Waals surface area contributed by atoms with Gasteiger partial charge < -0.3 is 4.90 Å². The molecule has 9 rings (SSSR count). The van der Waals surface area contributed by atoms with Crippen molar-refractivity contribution in [1.82, 2.24) is 0 Å². The molecule has 7 aromatic carbocycles. The Morgan fingerprint density at radius 2 is 0.933 bits per heavy atom. The van der Waals surface area contributed by atoms with Crippen LogP contribution in [0.5, 0.6) is 0 Å². The fourth-order valence-corrected chi connectivity index (χ4v) is 8.71. The second-order valence-electron chi connectivity index (χ2n) is 11.7. The van der Waals surface area contributed by atoms with Crippen molar-refractivity contribution in [2.75, 3.05) is 4.90 Å². The maximum absolute atomic E-state index is 2.37. The quantitative estimate of drug-likeness (QED) is 0.192. The highest BCUT2D eigenvalue weighted by atomic mass is 32.1. The van der Waals surface area contributed by atoms with E-state index in [4.69, 9.17) is 0 Å². The van der Waals surface area contributed by atoms with Crippen molar-refractivity contribution in [2.45, 2.75) is 5.41 Å². The van der Waals surface area contributed by atoms with Crippen molar-refractivity contribution in [1.29, 1.82) is 0 Å². The number of nitrogens with zero attached hydrogens (tertiary/aromatic N) is 1. The van der Waals surface area contributed by atoms with Crippen LogP contribution in [0.4, 0.5) is 17.1 Å². The maximum atomic E-state index is 2.37. The molecule has 212 valence electrons. The van der Waals surface area contributed by atoms with Gasteiger partial charge in [-0.25, -0.2) is 0 Å². The van der Waals surface area contributed by atoms with Gasteiger partial charge in [-0.05, 0) is 75.8 Å². The number of anilines is 3. The van der Waals surface area contributed by atoms with Gasteiger partial charge in [0.05, 0.1) is 5.41 Å². The van der Waals surface area contributed by atoms with Gasteiger partial charge in [0.1, 0.15) is 0 Å². The van der Waals surface area contributed by atoms with Gasteiger partial charge in [0, 0.05) is 37.2 Å². The van der Waals surface area contributed by atoms with Crippen molar-refractivity contribution < 1.29 is 0 Å². The van der Waals surface area contributed by atoms with Gasteiger partial charge in [0.2, 0.25) is 0 Å². The van der Waals surface area contributed by atoms with Crippen LogP contribution < -0.4 is 4.90 Å². The third-order valence-corrected chi connectivity index (χ3v) is 10.4. The van der Waals surface area contributed by atoms with Gasteiger partial charge in [0.25, 0.3) is 0 Å². The average molecular weight is 592 g/mol. The highest BCUT2D eigenvalue weighted by Crippen LogP contribution is 2.58. The molecule has 0 unspecified atom stereocenters. The van der Waals surface area contributed by atoms with Crippen LogP contribution in [0.25, 0.3) is 31.3 Å². The molecule has 0 atom stereocenters. The van der Waals surface area contributed by atoms with E-state index in [0.717, 1.165) is 17.1 Å². The van der Waals surface area contributed by atoms with Crippen LogP contribution in [0.3, 0.4) is 0 Å². The third-order valence-electron chi connectivity index (χ3n) is 9.33. The zero-order chi connectivity index (χ0) is 29.8. The molecule has 1 nitrogen and oxygen atoms in total. The lowest BCUT2D eigenvalue weighted by molar-refractivity contribution is 0.777. The number of thiophene rings is 1. The molecule has 0 aliphatic heterocycles. The molecule has 0 saturated carbocycles. The number of hydrogen-bond acceptors (Lipinski definition) is 2. The summed E-state index contributed by atoms with van der Waals surface area (Å²) in [7, 11) is 0. The molecule has 0 amide bonds. The van der Waals surface area contributed by atoms with Crippen LogP contribution in [0.2, 0.25) is 0 Å². The van der Waals surface area contributed by atoms with Crippen LogP contribution >= 0.6 is 11.3 Å². The fraction of sp³-hybridized carbons (Fsp3) is 0.0233. The molecule has 0 spiro atoms. The SMILES string of the molecule is c1ccc(N(c2ccccc2)c2ccc3c(c2)sc2cccc(C4(c5ccccc5)c5ccccc5-c5ccccc54)c23)cc1. The largest absolute Gasteiger partial charge is 0.310 e. The third kappa shape index (κ3) is 3.86. The van der Waals surface area contributed by atoms with Gasteiger partial charge in [-0.15, -0.1) is 11.3 Å². The van der Waals surface area contributed by atoms with Gasteiger partial charge in [-0.2, -0.15) is 0 Å². The standard InChI is InChI=1S/C43H29NS/c1-4-15-30(16-5-1)43(37-23-12-10-21-34(37)35-22-11-13-24-38(35)43)39-25-14-26-40-42(39)36-28-27-33(29-41(36)45-40)44(31-17-6-2-7-18-31)32-19-8-3-9-20-32/h1-29H. The van der Waals surface area contributed by atoms with Crippen molar-refractivity contribution in [2.24, 2.45) is 0 Å². The molecule has 1 aliphatic rings. The van der Waals surface area contributed by atoms with Crippen molar-refractivity contribution in [3.63, 3.8) is 0 Å². The van der Waals surface area contributed by atoms with Crippen LogP contribution in [0, 0.1) is 0 Å². The Kier molecular flexibility index (Phi) is 5.97. The van der Waals surface area contributed by atoms with E-state index in [0.29, 0.717) is 0 Å². The highest BCUT2D eigenvalue weighted by molar-refractivity contribution is 7.25. The summed E-state index contributed by atoms with van der Waals surface area (Å²) in [6, 6.07) is 64.3. The molecule has 0 N–H and O–H groups in total. The summed E-state index contributed by atoms with van der Waals surface area (Å²) in [5.41, 5.74) is 11.0. The Balaban J connectivity index is 1.33. The first-order valence-corrected chi connectivity index (χ1v) is 16.3. The van der Waals surface area contributed by atoms with Crippen LogP contribution in [-0.2, 0) is 5.41 Å². The molecule has 2 heteroatoms. The Morgan fingerprint density at radius 3 is 1.56 bits per heavy atom. The van der Waals surface area contributed by atoms with Gasteiger partial charge in [-0.1, -0.05) is 133 Å². The van der Waals surface area contributed by atoms with Crippen LogP contribution in [0.1, 0.15) is 22.3 Å². The summed E-state index contributed by atoms with van der Waals surface area (Å²) in [6.45, 7) is 0. The fourth-order valence-electron chi connectivity index (χ4n) is 7.55. The summed E-state index contributed by atoms with van der Waals surface area (Å²) >= 11 is 1.89. The molecule has 8 aromatic rings. The first-order valence-electron chi connectivity index (χ1n) is 15.4. The van der Waals surface area contributed by atoms with Crippen LogP contribution in [0.15, 0.2) is 176 Å². The monoisotopic (exact) mass is 591 g/mol. The second-order valence-corrected chi connectivity index (χ2v) is 12.8. The predicted molar refractivity (Wildman–Crippen MR) is 191 cm³/mol. The van der Waals surface area contributed by atoms with E-state index in [2.05, 4.69) is 181 Å². The van der Waals surface area contributed by atoms with E-state index in [1.54, 1.807) is 0 Å². The molecule has 0 fully saturated rings. The summed E-state index contributed by atoms with van der Waals surface area (Å²) in [5, 5.41) is 2.64. The van der Waals surface area contributed by atoms with Crippen molar-refractivity contribution >= 4 is 48.6 Å². The van der Waals surface area contributed by atoms with Crippen molar-refractivity contribution in [3.05, 3.63) is 198 Å². The van der Waals surface area contributed by atoms with Crippen LogP contribution in [-0.4, -0.2) is 0 Å². The van der Waals surface area contributed by atoms with E-state index < -0.39 is 5.41 Å². The summed E-state index contributed by atoms with van der Waals surface area (Å²) in [6.07, 6.45) is 0. The molecule has 1 heterocycles. The Morgan fingerprint density at radius 1 is 0.400 bits per heavy atom. The zero-order valence-corrected chi connectivity index (χ0v) is 25.4. The summed E-state index contributed by atoms with van der Waals surface area (Å²) < 4.78 is 2.59. The molecule has 0 saturated heterocycles. The molecular formula is C43H29NS. The lowest BCUT2D eigenvalue weighted by atomic mass is 9.66. The first-order chi connectivity index (χ1) is 22.3. The topological polar surface area (TPSA) is 3.24 Å². The lowest BCUT2D eigenvalue weighted by Crippen LogP contribution is -2.28. The molecule has 0 bridgehead atoms. The van der Waals surface area contributed by atoms with Gasteiger partial charge >= 0.3 is 0 Å². The maximum Gasteiger partial charge on any atom is 0.0720 e.